The van der Waals surface area contributed by atoms with Crippen LogP contribution in [-0.2, 0) is 14.3 Å². The first-order valence-electron chi connectivity index (χ1n) is 11.7. The van der Waals surface area contributed by atoms with E-state index in [9.17, 15) is 9.59 Å². The van der Waals surface area contributed by atoms with E-state index in [0.717, 1.165) is 64.7 Å². The minimum absolute atomic E-state index is 0.0316. The number of amides is 1. The molecule has 28 heavy (non-hydrogen) atoms. The van der Waals surface area contributed by atoms with E-state index in [0.29, 0.717) is 41.6 Å². The van der Waals surface area contributed by atoms with Crippen molar-refractivity contribution in [2.45, 2.75) is 77.6 Å². The van der Waals surface area contributed by atoms with Crippen molar-refractivity contribution < 1.29 is 14.3 Å². The zero-order valence-corrected chi connectivity index (χ0v) is 17.6. The van der Waals surface area contributed by atoms with E-state index in [1.165, 1.54) is 25.7 Å². The Hall–Kier alpha value is -1.10. The Morgan fingerprint density at radius 3 is 2.21 bits per heavy atom. The number of ether oxygens (including phenoxy) is 1. The van der Waals surface area contributed by atoms with E-state index in [4.69, 9.17) is 4.74 Å². The molecule has 0 aromatic heterocycles. The summed E-state index contributed by atoms with van der Waals surface area (Å²) in [6, 6.07) is 0. The van der Waals surface area contributed by atoms with Gasteiger partial charge in [-0.05, 0) is 101 Å². The molecule has 1 amide bonds. The molecule has 2 saturated carbocycles. The molecule has 4 rings (SSSR count). The maximum Gasteiger partial charge on any atom is 0.306 e. The fourth-order valence-electron chi connectivity index (χ4n) is 6.43. The highest BCUT2D eigenvalue weighted by atomic mass is 16.5. The zero-order chi connectivity index (χ0) is 19.6. The number of piperidine rings is 2. The minimum atomic E-state index is -0.0316. The fourth-order valence-corrected chi connectivity index (χ4v) is 6.43. The lowest BCUT2D eigenvalue weighted by Crippen LogP contribution is -2.53. The predicted octanol–water partition coefficient (Wildman–Crippen LogP) is 3.52. The van der Waals surface area contributed by atoms with Crippen LogP contribution in [0.25, 0.3) is 0 Å². The molecule has 0 aromatic rings. The third-order valence-corrected chi connectivity index (χ3v) is 8.43. The molecule has 5 heteroatoms. The van der Waals surface area contributed by atoms with E-state index < -0.39 is 0 Å². The number of esters is 1. The third kappa shape index (κ3) is 4.24. The Morgan fingerprint density at radius 2 is 1.61 bits per heavy atom. The molecule has 0 unspecified atom stereocenters. The second kappa shape index (κ2) is 8.33. The van der Waals surface area contributed by atoms with Gasteiger partial charge in [-0.15, -0.1) is 0 Å². The normalized spacial score (nSPS) is 29.5. The van der Waals surface area contributed by atoms with Crippen LogP contribution in [0.4, 0.5) is 0 Å². The molecule has 0 aromatic carbocycles. The molecule has 158 valence electrons. The molecule has 0 atom stereocenters. The fraction of sp³-hybridized carbons (Fsp3) is 0.913. The summed E-state index contributed by atoms with van der Waals surface area (Å²) in [6.45, 7) is 6.52. The maximum absolute atomic E-state index is 13.0. The summed E-state index contributed by atoms with van der Waals surface area (Å²) in [7, 11) is 0. The Morgan fingerprint density at radius 1 is 0.964 bits per heavy atom. The lowest BCUT2D eigenvalue weighted by atomic mass is 9.57. The van der Waals surface area contributed by atoms with Crippen LogP contribution in [0.1, 0.15) is 77.6 Å². The summed E-state index contributed by atoms with van der Waals surface area (Å²) >= 11 is 0. The van der Waals surface area contributed by atoms with Crippen LogP contribution in [0.5, 0.6) is 0 Å². The van der Waals surface area contributed by atoms with Gasteiger partial charge in [0, 0.05) is 25.4 Å². The topological polar surface area (TPSA) is 58.6 Å². The molecule has 4 fully saturated rings. The third-order valence-electron chi connectivity index (χ3n) is 8.43. The number of hydrogen-bond acceptors (Lipinski definition) is 4. The molecule has 0 bridgehead atoms. The molecule has 0 radical (unpaired) electrons. The van der Waals surface area contributed by atoms with Gasteiger partial charge in [-0.3, -0.25) is 9.59 Å². The van der Waals surface area contributed by atoms with Gasteiger partial charge in [0.05, 0.1) is 6.61 Å². The van der Waals surface area contributed by atoms with Gasteiger partial charge in [-0.25, -0.2) is 0 Å². The standard InChI is InChI=1S/C23H38N2O3/c1-2-28-20(26)15-18-3-5-22(6-4-18)9-13-25(14-10-22)21(27)19-16-23(17-19)7-11-24-12-8-23/h18-19,24H,2-17H2,1H3. The highest BCUT2D eigenvalue weighted by Crippen LogP contribution is 2.53. The van der Waals surface area contributed by atoms with Crippen LogP contribution < -0.4 is 5.32 Å². The van der Waals surface area contributed by atoms with Gasteiger partial charge in [0.1, 0.15) is 0 Å². The van der Waals surface area contributed by atoms with Gasteiger partial charge < -0.3 is 15.0 Å². The van der Waals surface area contributed by atoms with Crippen molar-refractivity contribution >= 4 is 11.9 Å². The minimum Gasteiger partial charge on any atom is -0.466 e. The second-order valence-electron chi connectivity index (χ2n) is 10.1. The lowest BCUT2D eigenvalue weighted by Gasteiger charge is -2.52. The number of rotatable bonds is 4. The first-order chi connectivity index (χ1) is 13.5. The van der Waals surface area contributed by atoms with Crippen molar-refractivity contribution in [1.29, 1.82) is 0 Å². The smallest absolute Gasteiger partial charge is 0.306 e. The Bertz CT molecular complexity index is 558. The molecule has 2 aliphatic heterocycles. The Kier molecular flexibility index (Phi) is 6.01. The monoisotopic (exact) mass is 390 g/mol. The maximum atomic E-state index is 13.0. The summed E-state index contributed by atoms with van der Waals surface area (Å²) in [5.74, 6) is 1.21. The van der Waals surface area contributed by atoms with Gasteiger partial charge >= 0.3 is 5.97 Å². The Labute approximate surface area is 169 Å². The number of likely N-dealkylation sites (tertiary alicyclic amines) is 1. The molecular weight excluding hydrogens is 352 g/mol. The number of hydrogen-bond donors (Lipinski definition) is 1. The van der Waals surface area contributed by atoms with Crippen molar-refractivity contribution in [1.82, 2.24) is 10.2 Å². The summed E-state index contributed by atoms with van der Waals surface area (Å²) in [5, 5.41) is 3.45. The van der Waals surface area contributed by atoms with Crippen LogP contribution in [-0.4, -0.2) is 49.6 Å². The average Bonchev–Trinajstić information content (AvgIpc) is 2.69. The van der Waals surface area contributed by atoms with E-state index in [1.54, 1.807) is 0 Å². The number of carbonyl (C=O) groups is 2. The molecular formula is C23H38N2O3. The molecule has 4 aliphatic rings. The van der Waals surface area contributed by atoms with E-state index >= 15 is 0 Å². The van der Waals surface area contributed by atoms with Crippen molar-refractivity contribution in [2.75, 3.05) is 32.8 Å². The first kappa shape index (κ1) is 20.2. The van der Waals surface area contributed by atoms with Crippen LogP contribution in [0.3, 0.4) is 0 Å². The second-order valence-corrected chi connectivity index (χ2v) is 10.1. The van der Waals surface area contributed by atoms with Gasteiger partial charge in [-0.1, -0.05) is 0 Å². The van der Waals surface area contributed by atoms with E-state index in [-0.39, 0.29) is 5.97 Å². The van der Waals surface area contributed by atoms with Gasteiger partial charge in [0.2, 0.25) is 5.91 Å². The summed E-state index contributed by atoms with van der Waals surface area (Å²) < 4.78 is 5.12. The van der Waals surface area contributed by atoms with Crippen LogP contribution >= 0.6 is 0 Å². The van der Waals surface area contributed by atoms with Gasteiger partial charge in [0.15, 0.2) is 0 Å². The number of nitrogens with zero attached hydrogens (tertiary/aromatic N) is 1. The molecule has 2 aliphatic carbocycles. The predicted molar refractivity (Wildman–Crippen MR) is 109 cm³/mol. The zero-order valence-electron chi connectivity index (χ0n) is 17.6. The highest BCUT2D eigenvalue weighted by molar-refractivity contribution is 5.80. The van der Waals surface area contributed by atoms with Crippen LogP contribution in [0.15, 0.2) is 0 Å². The van der Waals surface area contributed by atoms with Crippen molar-refractivity contribution in [3.63, 3.8) is 0 Å². The van der Waals surface area contributed by atoms with E-state index in [2.05, 4.69) is 10.2 Å². The largest absolute Gasteiger partial charge is 0.466 e. The molecule has 2 heterocycles. The first-order valence-corrected chi connectivity index (χ1v) is 11.7. The number of carbonyl (C=O) groups excluding carboxylic acids is 2. The van der Waals surface area contributed by atoms with Crippen molar-refractivity contribution in [3.05, 3.63) is 0 Å². The summed E-state index contributed by atoms with van der Waals surface area (Å²) in [4.78, 5) is 26.9. The molecule has 1 N–H and O–H groups in total. The van der Waals surface area contributed by atoms with Gasteiger partial charge in [-0.2, -0.15) is 0 Å². The quantitative estimate of drug-likeness (QED) is 0.746. The van der Waals surface area contributed by atoms with Crippen LogP contribution in [0, 0.1) is 22.7 Å². The summed E-state index contributed by atoms with van der Waals surface area (Å²) in [5.41, 5.74) is 0.914. The van der Waals surface area contributed by atoms with Crippen LogP contribution in [0.2, 0.25) is 0 Å². The van der Waals surface area contributed by atoms with E-state index in [1.807, 2.05) is 6.92 Å². The molecule has 5 nitrogen and oxygen atoms in total. The molecule has 2 spiro atoms. The number of nitrogens with one attached hydrogen (secondary N) is 1. The van der Waals surface area contributed by atoms with Crippen molar-refractivity contribution in [3.8, 4) is 0 Å². The summed E-state index contributed by atoms with van der Waals surface area (Å²) in [6.07, 6.45) is 12.4. The molecule has 2 saturated heterocycles. The average molecular weight is 391 g/mol. The Balaban J connectivity index is 1.20. The highest BCUT2D eigenvalue weighted by Gasteiger charge is 2.49. The SMILES string of the molecule is CCOC(=O)CC1CCC2(CC1)CCN(C(=O)C1CC3(CCNCC3)C1)CC2. The van der Waals surface area contributed by atoms with Crippen molar-refractivity contribution in [2.24, 2.45) is 22.7 Å². The van der Waals surface area contributed by atoms with Gasteiger partial charge in [0.25, 0.3) is 0 Å². The lowest BCUT2D eigenvalue weighted by molar-refractivity contribution is -0.148.